The van der Waals surface area contributed by atoms with Crippen molar-refractivity contribution in [1.82, 2.24) is 20.1 Å². The Balaban J connectivity index is 1.53. The second kappa shape index (κ2) is 6.60. The van der Waals surface area contributed by atoms with Crippen LogP contribution in [0, 0.1) is 13.8 Å². The maximum Gasteiger partial charge on any atom is 0.241 e. The standard InChI is InChI=1S/C17H23N5O2/c1-13-9-14(2)22(20-13)10-16(23)19-11-17(24)6-8-21(12-17)15-5-3-4-7-18-15/h3-5,7,9,24H,6,8,10-12H2,1-2H3,(H,19,23)/t17-/m0/s1. The summed E-state index contributed by atoms with van der Waals surface area (Å²) in [4.78, 5) is 18.5. The van der Waals surface area contributed by atoms with E-state index >= 15 is 0 Å². The van der Waals surface area contributed by atoms with Crippen LogP contribution in [-0.4, -0.2) is 51.0 Å². The molecule has 2 aromatic heterocycles. The predicted molar refractivity (Wildman–Crippen MR) is 90.7 cm³/mol. The lowest BCUT2D eigenvalue weighted by molar-refractivity contribution is -0.123. The van der Waals surface area contributed by atoms with Crippen LogP contribution >= 0.6 is 0 Å². The fourth-order valence-corrected chi connectivity index (χ4v) is 3.03. The van der Waals surface area contributed by atoms with Crippen molar-refractivity contribution in [3.05, 3.63) is 41.9 Å². The molecule has 3 rings (SSSR count). The van der Waals surface area contributed by atoms with Gasteiger partial charge in [0.25, 0.3) is 0 Å². The molecule has 0 saturated carbocycles. The van der Waals surface area contributed by atoms with Crippen molar-refractivity contribution >= 4 is 11.7 Å². The van der Waals surface area contributed by atoms with E-state index in [2.05, 4.69) is 15.4 Å². The molecule has 0 bridgehead atoms. The van der Waals surface area contributed by atoms with Gasteiger partial charge in [-0.1, -0.05) is 6.07 Å². The molecule has 0 radical (unpaired) electrons. The number of rotatable bonds is 5. The Labute approximate surface area is 141 Å². The van der Waals surface area contributed by atoms with Crippen LogP contribution in [0.25, 0.3) is 0 Å². The van der Waals surface area contributed by atoms with Gasteiger partial charge in [-0.15, -0.1) is 0 Å². The molecule has 24 heavy (non-hydrogen) atoms. The zero-order chi connectivity index (χ0) is 17.2. The van der Waals surface area contributed by atoms with Crippen LogP contribution in [0.1, 0.15) is 17.8 Å². The number of aromatic nitrogens is 3. The number of carbonyl (C=O) groups is 1. The molecule has 128 valence electrons. The Morgan fingerprint density at radius 1 is 1.42 bits per heavy atom. The first-order valence-electron chi connectivity index (χ1n) is 8.11. The molecule has 0 aromatic carbocycles. The molecule has 7 heteroatoms. The largest absolute Gasteiger partial charge is 0.386 e. The van der Waals surface area contributed by atoms with Gasteiger partial charge < -0.3 is 15.3 Å². The fraction of sp³-hybridized carbons (Fsp3) is 0.471. The molecule has 7 nitrogen and oxygen atoms in total. The third kappa shape index (κ3) is 3.73. The fourth-order valence-electron chi connectivity index (χ4n) is 3.03. The van der Waals surface area contributed by atoms with Gasteiger partial charge in [0.15, 0.2) is 0 Å². The number of hydrogen-bond donors (Lipinski definition) is 2. The quantitative estimate of drug-likeness (QED) is 0.842. The average molecular weight is 329 g/mol. The third-order valence-corrected chi connectivity index (χ3v) is 4.32. The highest BCUT2D eigenvalue weighted by atomic mass is 16.3. The first kappa shape index (κ1) is 16.4. The molecule has 0 spiro atoms. The lowest BCUT2D eigenvalue weighted by Crippen LogP contribution is -2.45. The lowest BCUT2D eigenvalue weighted by atomic mass is 10.0. The Hall–Kier alpha value is -2.41. The van der Waals surface area contributed by atoms with Gasteiger partial charge in [0, 0.05) is 31.5 Å². The van der Waals surface area contributed by atoms with Gasteiger partial charge in [0.1, 0.15) is 18.0 Å². The maximum atomic E-state index is 12.1. The first-order valence-corrected chi connectivity index (χ1v) is 8.11. The van der Waals surface area contributed by atoms with E-state index in [0.717, 1.165) is 23.8 Å². The number of aliphatic hydroxyl groups is 1. The first-order chi connectivity index (χ1) is 11.5. The van der Waals surface area contributed by atoms with Crippen LogP contribution in [-0.2, 0) is 11.3 Å². The van der Waals surface area contributed by atoms with Crippen molar-refractivity contribution in [3.8, 4) is 0 Å². The molecular formula is C17H23N5O2. The maximum absolute atomic E-state index is 12.1. The minimum atomic E-state index is -0.928. The highest BCUT2D eigenvalue weighted by Gasteiger charge is 2.36. The second-order valence-electron chi connectivity index (χ2n) is 6.45. The summed E-state index contributed by atoms with van der Waals surface area (Å²) in [6, 6.07) is 7.65. The van der Waals surface area contributed by atoms with E-state index in [4.69, 9.17) is 0 Å². The smallest absolute Gasteiger partial charge is 0.241 e. The van der Waals surface area contributed by atoms with E-state index < -0.39 is 5.60 Å². The topological polar surface area (TPSA) is 83.3 Å². The van der Waals surface area contributed by atoms with Crippen molar-refractivity contribution in [2.75, 3.05) is 24.5 Å². The molecule has 1 fully saturated rings. The number of nitrogens with one attached hydrogen (secondary N) is 1. The molecule has 1 aliphatic heterocycles. The summed E-state index contributed by atoms with van der Waals surface area (Å²) in [5.41, 5.74) is 0.909. The zero-order valence-electron chi connectivity index (χ0n) is 14.1. The second-order valence-corrected chi connectivity index (χ2v) is 6.45. The molecular weight excluding hydrogens is 306 g/mol. The minimum Gasteiger partial charge on any atom is -0.386 e. The zero-order valence-corrected chi connectivity index (χ0v) is 14.1. The molecule has 3 heterocycles. The van der Waals surface area contributed by atoms with Gasteiger partial charge in [-0.2, -0.15) is 5.10 Å². The number of β-amino-alcohol motifs (C(OH)–C–C–N with tert-alkyl or cyclic N) is 1. The van der Waals surface area contributed by atoms with E-state index in [1.54, 1.807) is 10.9 Å². The van der Waals surface area contributed by atoms with E-state index in [1.165, 1.54) is 0 Å². The van der Waals surface area contributed by atoms with Gasteiger partial charge in [0.2, 0.25) is 5.91 Å². The van der Waals surface area contributed by atoms with Gasteiger partial charge >= 0.3 is 0 Å². The molecule has 1 saturated heterocycles. The molecule has 0 aliphatic carbocycles. The van der Waals surface area contributed by atoms with Crippen LogP contribution in [0.3, 0.4) is 0 Å². The SMILES string of the molecule is Cc1cc(C)n(CC(=O)NC[C@@]2(O)CCN(c3ccccn3)C2)n1. The number of hydrogen-bond acceptors (Lipinski definition) is 5. The van der Waals surface area contributed by atoms with Crippen LogP contribution in [0.2, 0.25) is 0 Å². The van der Waals surface area contributed by atoms with Crippen molar-refractivity contribution in [3.63, 3.8) is 0 Å². The number of anilines is 1. The Morgan fingerprint density at radius 2 is 2.25 bits per heavy atom. The van der Waals surface area contributed by atoms with Crippen molar-refractivity contribution in [2.45, 2.75) is 32.4 Å². The summed E-state index contributed by atoms with van der Waals surface area (Å²) in [7, 11) is 0. The Bertz CT molecular complexity index is 715. The van der Waals surface area contributed by atoms with E-state index in [0.29, 0.717) is 13.0 Å². The molecule has 1 amide bonds. The summed E-state index contributed by atoms with van der Waals surface area (Å²) in [6.45, 7) is 5.40. The number of amides is 1. The molecule has 2 aromatic rings. The van der Waals surface area contributed by atoms with Crippen molar-refractivity contribution in [2.24, 2.45) is 0 Å². The number of nitrogens with zero attached hydrogens (tertiary/aromatic N) is 4. The van der Waals surface area contributed by atoms with E-state index in [1.807, 2.05) is 43.0 Å². The summed E-state index contributed by atoms with van der Waals surface area (Å²) in [6.07, 6.45) is 2.34. The third-order valence-electron chi connectivity index (χ3n) is 4.32. The number of aryl methyl sites for hydroxylation is 2. The average Bonchev–Trinajstić information content (AvgIpc) is 3.10. The summed E-state index contributed by atoms with van der Waals surface area (Å²) < 4.78 is 1.67. The number of pyridine rings is 1. The van der Waals surface area contributed by atoms with Crippen molar-refractivity contribution < 1.29 is 9.90 Å². The van der Waals surface area contributed by atoms with Gasteiger partial charge in [-0.25, -0.2) is 4.98 Å². The molecule has 2 N–H and O–H groups in total. The summed E-state index contributed by atoms with van der Waals surface area (Å²) in [5, 5.41) is 17.8. The van der Waals surface area contributed by atoms with Crippen LogP contribution in [0.15, 0.2) is 30.5 Å². The van der Waals surface area contributed by atoms with Gasteiger partial charge in [-0.3, -0.25) is 9.48 Å². The molecule has 1 aliphatic rings. The van der Waals surface area contributed by atoms with Gasteiger partial charge in [-0.05, 0) is 38.5 Å². The Morgan fingerprint density at radius 3 is 2.92 bits per heavy atom. The Kier molecular flexibility index (Phi) is 4.53. The highest BCUT2D eigenvalue weighted by Crippen LogP contribution is 2.24. The lowest BCUT2D eigenvalue weighted by Gasteiger charge is -2.24. The summed E-state index contributed by atoms with van der Waals surface area (Å²) >= 11 is 0. The van der Waals surface area contributed by atoms with Crippen molar-refractivity contribution in [1.29, 1.82) is 0 Å². The predicted octanol–water partition coefficient (Wildman–Crippen LogP) is 0.653. The van der Waals surface area contributed by atoms with Crippen LogP contribution in [0.4, 0.5) is 5.82 Å². The monoisotopic (exact) mass is 329 g/mol. The van der Waals surface area contributed by atoms with Crippen LogP contribution < -0.4 is 10.2 Å². The van der Waals surface area contributed by atoms with E-state index in [9.17, 15) is 9.90 Å². The highest BCUT2D eigenvalue weighted by molar-refractivity contribution is 5.75. The summed E-state index contributed by atoms with van der Waals surface area (Å²) in [5.74, 6) is 0.702. The molecule has 1 atom stereocenters. The van der Waals surface area contributed by atoms with Crippen LogP contribution in [0.5, 0.6) is 0 Å². The number of carbonyl (C=O) groups excluding carboxylic acids is 1. The van der Waals surface area contributed by atoms with Gasteiger partial charge in [0.05, 0.1) is 5.69 Å². The molecule has 0 unspecified atom stereocenters. The minimum absolute atomic E-state index is 0.147. The normalized spacial score (nSPS) is 20.4. The van der Waals surface area contributed by atoms with E-state index in [-0.39, 0.29) is 19.0 Å².